The predicted octanol–water partition coefficient (Wildman–Crippen LogP) is 17.0. The van der Waals surface area contributed by atoms with E-state index >= 15 is 0 Å². The number of hydrogen-bond acceptors (Lipinski definition) is 14. The van der Waals surface area contributed by atoms with Crippen molar-refractivity contribution in [3.05, 3.63) is 78.7 Å². The van der Waals surface area contributed by atoms with Gasteiger partial charge in [0.25, 0.3) is 0 Å². The molecule has 8 rings (SSSR count). The van der Waals surface area contributed by atoms with Gasteiger partial charge in [-0.25, -0.2) is 0 Å². The average molecular weight is 1460 g/mol. The number of nitrogens with zero attached hydrogens (tertiary/aromatic N) is 1. The number of fused-ring (bicyclic) bond motifs is 2. The summed E-state index contributed by atoms with van der Waals surface area (Å²) in [6, 6.07) is 18.1. The molecule has 1 radical (unpaired) electrons. The first-order valence-electron chi connectivity index (χ1n) is 38.5. The number of likely N-dealkylation sites (tertiary alicyclic amines) is 1. The summed E-state index contributed by atoms with van der Waals surface area (Å²) >= 11 is 0. The Morgan fingerprint density at radius 2 is 0.981 bits per heavy atom. The van der Waals surface area contributed by atoms with Crippen LogP contribution in [0.4, 0.5) is 0 Å². The second-order valence-corrected chi connectivity index (χ2v) is 38.2. The molecular formula is C87H130NO14V-. The fraction of sp³-hybridized carbons (Fsp3) is 0.724. The van der Waals surface area contributed by atoms with Crippen molar-refractivity contribution in [3.63, 3.8) is 0 Å². The fourth-order valence-electron chi connectivity index (χ4n) is 17.4. The molecule has 103 heavy (non-hydrogen) atoms. The molecule has 1 aliphatic heterocycles. The van der Waals surface area contributed by atoms with Crippen molar-refractivity contribution in [2.45, 2.75) is 291 Å². The van der Waals surface area contributed by atoms with E-state index in [1.54, 1.807) is 39.5 Å². The molecule has 5 aliphatic carbocycles. The van der Waals surface area contributed by atoms with Crippen LogP contribution in [-0.4, -0.2) is 92.8 Å². The van der Waals surface area contributed by atoms with Gasteiger partial charge in [-0.3, -0.25) is 52.7 Å². The van der Waals surface area contributed by atoms with Gasteiger partial charge in [0.15, 0.2) is 17.3 Å². The van der Waals surface area contributed by atoms with Gasteiger partial charge in [0.2, 0.25) is 11.7 Å². The van der Waals surface area contributed by atoms with E-state index in [1.165, 1.54) is 0 Å². The van der Waals surface area contributed by atoms with Crippen LogP contribution in [0.25, 0.3) is 0 Å². The first-order chi connectivity index (χ1) is 47.0. The molecule has 1 amide bonds. The molecule has 1 heterocycles. The van der Waals surface area contributed by atoms with Gasteiger partial charge in [0.05, 0.1) is 18.9 Å². The Hall–Kier alpha value is -5.25. The molecule has 0 aromatic heterocycles. The third-order valence-electron chi connectivity index (χ3n) is 23.9. The molecular weight excluding hydrogens is 1330 g/mol. The van der Waals surface area contributed by atoms with Crippen molar-refractivity contribution < 1.29 is 85.9 Å². The predicted molar refractivity (Wildman–Crippen MR) is 399 cm³/mol. The summed E-state index contributed by atoms with van der Waals surface area (Å²) in [5, 5.41) is 11.4. The van der Waals surface area contributed by atoms with Crippen molar-refractivity contribution in [3.8, 4) is 0 Å². The minimum atomic E-state index is -1.39. The van der Waals surface area contributed by atoms with Gasteiger partial charge in [-0.1, -0.05) is 210 Å². The molecule has 0 bridgehead atoms. The van der Waals surface area contributed by atoms with Gasteiger partial charge < -0.3 is 26.4 Å². The van der Waals surface area contributed by atoms with E-state index in [0.29, 0.717) is 44.6 Å². The standard InChI is InChI=1S/C43H62O7.C42H63NO7.C2H5.V/c1-40(2,3)25-29(44)23-32(41(4,5)6)39(49)30-24-31-37(42(31,7)8)36(30)34(46)22-27(21-26-15-14-16-26)38(48)33(45)19-20-35(47)50-43(9,10)28-17-12-11-13-18-28;1-39(2,3)24-29(44)23-30(40(4,5)6)38(49)43-25-31-35(41(31,7)8)36(43)33(46)22-27(21-26-15-14-16-26)37(48)32(45)19-20-34(47)50-42(9,10)28-17-12-11-13-18-28;1-2;/h11-13,17-18,26-27,30-32,36-37H,14-16,19-25H2,1-10H3;11-13,17-18,26-27,30-31,35-37,48H,14-16,19-25H2,1-10H3;1H2,2H3;/q;;-1;/t27?,30?,31?,32-,36-,37?;27?,30-,31+,35+,36-,37?;;/m11../s1. The van der Waals surface area contributed by atoms with Crippen LogP contribution in [0, 0.1) is 110 Å². The maximum absolute atomic E-state index is 14.4. The molecule has 1 saturated heterocycles. The molecule has 16 heteroatoms. The van der Waals surface area contributed by atoms with Crippen LogP contribution < -0.4 is 0 Å². The summed E-state index contributed by atoms with van der Waals surface area (Å²) in [5.74, 6) is -5.39. The monoisotopic (exact) mass is 1460 g/mol. The van der Waals surface area contributed by atoms with Crippen molar-refractivity contribution >= 4 is 64.1 Å². The zero-order valence-electron chi connectivity index (χ0n) is 66.9. The third-order valence-corrected chi connectivity index (χ3v) is 23.9. The molecule has 1 N–H and O–H groups in total. The third kappa shape index (κ3) is 23.4. The minimum Gasteiger partial charge on any atom is -0.455 e. The van der Waals surface area contributed by atoms with E-state index in [-0.39, 0.29) is 156 Å². The number of benzene rings is 2. The molecule has 2 aromatic carbocycles. The van der Waals surface area contributed by atoms with Crippen LogP contribution in [0.15, 0.2) is 60.7 Å². The number of aliphatic hydroxyl groups excluding tert-OH is 1. The summed E-state index contributed by atoms with van der Waals surface area (Å²) < 4.78 is 11.4. The molecule has 15 nitrogen and oxygen atoms in total. The van der Waals surface area contributed by atoms with E-state index in [0.717, 1.165) is 49.7 Å². The Balaban J connectivity index is 0.000000358. The van der Waals surface area contributed by atoms with Gasteiger partial charge in [0.1, 0.15) is 40.4 Å². The maximum Gasteiger partial charge on any atom is 0.307 e. The largest absolute Gasteiger partial charge is 0.455 e. The summed E-state index contributed by atoms with van der Waals surface area (Å²) in [6.45, 7) is 45.2. The summed E-state index contributed by atoms with van der Waals surface area (Å²) in [7, 11) is 0. The number of carbonyl (C=O) groups excluding carboxylic acids is 11. The van der Waals surface area contributed by atoms with Crippen molar-refractivity contribution in [1.29, 1.82) is 0 Å². The van der Waals surface area contributed by atoms with Crippen LogP contribution in [-0.2, 0) is 92.0 Å². The summed E-state index contributed by atoms with van der Waals surface area (Å²) in [4.78, 5) is 152. The fourth-order valence-corrected chi connectivity index (χ4v) is 17.4. The SMILES string of the molecule is CC(C)(C)CC(=O)C[C@H](C(=O)C1CC2C([C@H]1C(=O)CC(CC1CCC1)C(=O)C(=O)CCC(=O)OC(C)(C)c1ccccc1)C2(C)C)C(C)(C)C.CC(C)(C)CC(=O)C[C@H](C(=O)N1C[C@H]2[C@@H]([C@H]1C(=O)CC(CC1CCC1)C(O)C(=O)CCC(=O)OC(C)(C)c1ccccc1)C2(C)C)C(C)(C)C.[CH2-]C.[V]. The Kier molecular flexibility index (Phi) is 30.2. The van der Waals surface area contributed by atoms with E-state index in [9.17, 15) is 57.8 Å². The molecule has 6 fully saturated rings. The average Bonchev–Trinajstić information content (AvgIpc) is 1.53. The zero-order valence-corrected chi connectivity index (χ0v) is 68.3. The number of ether oxygens (including phenoxy) is 2. The maximum atomic E-state index is 14.4. The first-order valence-corrected chi connectivity index (χ1v) is 38.5. The number of rotatable bonds is 33. The second kappa shape index (κ2) is 35.2. The van der Waals surface area contributed by atoms with Crippen LogP contribution in [0.3, 0.4) is 0 Å². The van der Waals surface area contributed by atoms with Gasteiger partial charge in [-0.15, -0.1) is 0 Å². The van der Waals surface area contributed by atoms with Gasteiger partial charge >= 0.3 is 11.9 Å². The number of piperidine rings is 1. The molecule has 5 saturated carbocycles. The second-order valence-electron chi connectivity index (χ2n) is 38.2. The molecule has 6 aliphatic rings. The number of aliphatic hydroxyl groups is 1. The quantitative estimate of drug-likeness (QED) is 0.0398. The topological polar surface area (TPSA) is 230 Å². The summed E-state index contributed by atoms with van der Waals surface area (Å²) in [6.07, 6.45) is 6.48. The number of amides is 1. The molecule has 2 aromatic rings. The number of Topliss-reactive ketones (excluding diaryl/α,β-unsaturated/α-hetero) is 8. The number of ketones is 8. The van der Waals surface area contributed by atoms with Crippen molar-refractivity contribution in [1.82, 2.24) is 4.90 Å². The van der Waals surface area contributed by atoms with Crippen molar-refractivity contribution in [2.24, 2.45) is 104 Å². The van der Waals surface area contributed by atoms with E-state index in [2.05, 4.69) is 34.6 Å². The number of carbonyl (C=O) groups is 11. The van der Waals surface area contributed by atoms with Crippen LogP contribution in [0.2, 0.25) is 0 Å². The van der Waals surface area contributed by atoms with Gasteiger partial charge in [0, 0.05) is 106 Å². The van der Waals surface area contributed by atoms with E-state index in [4.69, 9.17) is 9.47 Å². The van der Waals surface area contributed by atoms with Crippen LogP contribution in [0.1, 0.15) is 279 Å². The van der Waals surface area contributed by atoms with Crippen molar-refractivity contribution in [2.75, 3.05) is 6.54 Å². The Morgan fingerprint density at radius 3 is 1.42 bits per heavy atom. The number of esters is 2. The molecule has 12 atom stereocenters. The van der Waals surface area contributed by atoms with Gasteiger partial charge in [-0.2, -0.15) is 6.92 Å². The normalized spacial score (nSPS) is 23.4. The van der Waals surface area contributed by atoms with E-state index < -0.39 is 99.0 Å². The zero-order chi connectivity index (χ0) is 76.8. The van der Waals surface area contributed by atoms with Gasteiger partial charge in [-0.05, 0) is 132 Å². The number of hydrogen-bond donors (Lipinski definition) is 1. The summed E-state index contributed by atoms with van der Waals surface area (Å²) in [5.41, 5.74) is -1.57. The Morgan fingerprint density at radius 1 is 0.544 bits per heavy atom. The van der Waals surface area contributed by atoms with Crippen LogP contribution in [0.5, 0.6) is 0 Å². The molecule has 573 valence electrons. The smallest absolute Gasteiger partial charge is 0.307 e. The van der Waals surface area contributed by atoms with Crippen LogP contribution >= 0.6 is 0 Å². The Labute approximate surface area is 630 Å². The van der Waals surface area contributed by atoms with E-state index in [1.807, 2.05) is 144 Å². The molecule has 6 unspecified atom stereocenters. The molecule has 0 spiro atoms. The minimum absolute atomic E-state index is 0. The first kappa shape index (κ1) is 88.4. The Bertz CT molecular complexity index is 3310.